The Hall–Kier alpha value is -3.06. The maximum absolute atomic E-state index is 13.1. The molecule has 1 N–H and O–H groups in total. The summed E-state index contributed by atoms with van der Waals surface area (Å²) in [5, 5.41) is 5.15. The number of aromatic nitrogens is 1. The fraction of sp³-hybridized carbons (Fsp3) is 0.227. The number of hydrogen-bond donors (Lipinski definition) is 1. The normalized spacial score (nSPS) is 11.2. The lowest BCUT2D eigenvalue weighted by Crippen LogP contribution is -2.49. The van der Waals surface area contributed by atoms with E-state index in [1.807, 2.05) is 51.1 Å². The van der Waals surface area contributed by atoms with E-state index in [1.165, 1.54) is 40.5 Å². The minimum absolute atomic E-state index is 0.141. The van der Waals surface area contributed by atoms with Crippen molar-refractivity contribution >= 4 is 28.8 Å². The van der Waals surface area contributed by atoms with Crippen molar-refractivity contribution in [1.29, 1.82) is 0 Å². The molecule has 0 saturated carbocycles. The number of carbonyl (C=O) groups is 2. The van der Waals surface area contributed by atoms with E-state index in [9.17, 15) is 14.0 Å². The molecule has 0 fully saturated rings. The van der Waals surface area contributed by atoms with Crippen LogP contribution in [0, 0.1) is 5.82 Å². The summed E-state index contributed by atoms with van der Waals surface area (Å²) in [5.74, 6) is -1.06. The molecule has 3 rings (SSSR count). The molecule has 7 heteroatoms. The van der Waals surface area contributed by atoms with Gasteiger partial charge in [-0.3, -0.25) is 9.59 Å². The van der Waals surface area contributed by atoms with E-state index < -0.39 is 5.54 Å². The topological polar surface area (TPSA) is 62.3 Å². The van der Waals surface area contributed by atoms with Gasteiger partial charge in [0, 0.05) is 22.2 Å². The van der Waals surface area contributed by atoms with Gasteiger partial charge in [0.15, 0.2) is 0 Å². The second-order valence-electron chi connectivity index (χ2n) is 7.52. The Morgan fingerprint density at radius 2 is 1.72 bits per heavy atom. The summed E-state index contributed by atoms with van der Waals surface area (Å²) in [6, 6.07) is 15.1. The van der Waals surface area contributed by atoms with Crippen LogP contribution < -0.4 is 5.32 Å². The van der Waals surface area contributed by atoms with Gasteiger partial charge in [-0.1, -0.05) is 30.3 Å². The molecule has 2 aromatic carbocycles. The second-order valence-corrected chi connectivity index (χ2v) is 8.38. The second kappa shape index (κ2) is 8.53. The van der Waals surface area contributed by atoms with Crippen LogP contribution in [0.3, 0.4) is 0 Å². The molecule has 0 unspecified atom stereocenters. The van der Waals surface area contributed by atoms with Gasteiger partial charge in [0.2, 0.25) is 5.91 Å². The lowest BCUT2D eigenvalue weighted by Gasteiger charge is -2.34. The van der Waals surface area contributed by atoms with Crippen molar-refractivity contribution in [3.63, 3.8) is 0 Å². The smallest absolute Gasteiger partial charge is 0.274 e. The molecular weight excluding hydrogens is 389 g/mol. The summed E-state index contributed by atoms with van der Waals surface area (Å²) in [6.45, 7) is 5.44. The Morgan fingerprint density at radius 3 is 2.34 bits per heavy atom. The molecule has 2 amide bonds. The van der Waals surface area contributed by atoms with Crippen molar-refractivity contribution in [2.75, 3.05) is 11.9 Å². The average molecular weight is 412 g/mol. The third-order valence-electron chi connectivity index (χ3n) is 4.23. The molecule has 0 atom stereocenters. The molecule has 0 aliphatic rings. The van der Waals surface area contributed by atoms with Gasteiger partial charge in [0.05, 0.1) is 0 Å². The summed E-state index contributed by atoms with van der Waals surface area (Å²) in [4.78, 5) is 31.6. The maximum atomic E-state index is 13.1. The van der Waals surface area contributed by atoms with Crippen LogP contribution in [0.15, 0.2) is 60.0 Å². The van der Waals surface area contributed by atoms with Gasteiger partial charge < -0.3 is 10.2 Å². The maximum Gasteiger partial charge on any atom is 0.274 e. The number of anilines is 1. The van der Waals surface area contributed by atoms with Crippen LogP contribution in [-0.4, -0.2) is 33.8 Å². The molecule has 0 aliphatic carbocycles. The molecule has 0 bridgehead atoms. The van der Waals surface area contributed by atoms with Gasteiger partial charge >= 0.3 is 0 Å². The fourth-order valence-electron chi connectivity index (χ4n) is 2.71. The van der Waals surface area contributed by atoms with E-state index in [-0.39, 0.29) is 24.2 Å². The zero-order chi connectivity index (χ0) is 21.0. The molecule has 0 aliphatic heterocycles. The lowest BCUT2D eigenvalue weighted by molar-refractivity contribution is -0.117. The van der Waals surface area contributed by atoms with Crippen molar-refractivity contribution in [2.45, 2.75) is 26.3 Å². The number of hydrogen-bond acceptors (Lipinski definition) is 4. The largest absolute Gasteiger partial charge is 0.325 e. The van der Waals surface area contributed by atoms with Gasteiger partial charge in [-0.25, -0.2) is 9.37 Å². The standard InChI is InChI=1S/C22H22FN3O2S/c1-22(2,3)26(13-19(27)24-17-11-9-16(23)10-12-17)21(28)18-14-29-20(25-18)15-7-5-4-6-8-15/h4-12,14H,13H2,1-3H3,(H,24,27). The molecule has 5 nitrogen and oxygen atoms in total. The number of carbonyl (C=O) groups excluding carboxylic acids is 2. The Kier molecular flexibility index (Phi) is 6.08. The highest BCUT2D eigenvalue weighted by Gasteiger charge is 2.30. The monoisotopic (exact) mass is 411 g/mol. The Morgan fingerprint density at radius 1 is 1.07 bits per heavy atom. The van der Waals surface area contributed by atoms with Crippen LogP contribution in [0.25, 0.3) is 10.6 Å². The Balaban J connectivity index is 1.76. The lowest BCUT2D eigenvalue weighted by atomic mass is 10.1. The quantitative estimate of drug-likeness (QED) is 0.654. The molecule has 0 spiro atoms. The first-order valence-corrected chi connectivity index (χ1v) is 10.0. The molecule has 1 aromatic heterocycles. The van der Waals surface area contributed by atoms with Crippen molar-refractivity contribution in [1.82, 2.24) is 9.88 Å². The van der Waals surface area contributed by atoms with Gasteiger partial charge in [0.1, 0.15) is 23.1 Å². The molecule has 0 radical (unpaired) electrons. The third kappa shape index (κ3) is 5.26. The number of benzene rings is 2. The molecule has 3 aromatic rings. The van der Waals surface area contributed by atoms with Crippen LogP contribution >= 0.6 is 11.3 Å². The number of rotatable bonds is 5. The highest BCUT2D eigenvalue weighted by atomic mass is 32.1. The summed E-state index contributed by atoms with van der Waals surface area (Å²) >= 11 is 1.39. The van der Waals surface area contributed by atoms with Crippen molar-refractivity contribution in [2.24, 2.45) is 0 Å². The number of halogens is 1. The minimum Gasteiger partial charge on any atom is -0.325 e. The first-order valence-electron chi connectivity index (χ1n) is 9.12. The average Bonchev–Trinajstić information content (AvgIpc) is 3.17. The van der Waals surface area contributed by atoms with Crippen molar-refractivity contribution < 1.29 is 14.0 Å². The zero-order valence-electron chi connectivity index (χ0n) is 16.5. The van der Waals surface area contributed by atoms with E-state index in [1.54, 1.807) is 5.38 Å². The summed E-state index contributed by atoms with van der Waals surface area (Å²) in [7, 11) is 0. The number of amides is 2. The number of nitrogens with one attached hydrogen (secondary N) is 1. The van der Waals surface area contributed by atoms with Crippen LogP contribution in [0.1, 0.15) is 31.3 Å². The number of nitrogens with zero attached hydrogens (tertiary/aromatic N) is 2. The molecule has 29 heavy (non-hydrogen) atoms. The Labute approximate surface area is 173 Å². The zero-order valence-corrected chi connectivity index (χ0v) is 17.3. The summed E-state index contributed by atoms with van der Waals surface area (Å²) in [5.41, 5.74) is 1.12. The van der Waals surface area contributed by atoms with Gasteiger partial charge in [-0.05, 0) is 45.0 Å². The first kappa shape index (κ1) is 20.7. The summed E-state index contributed by atoms with van der Waals surface area (Å²) in [6.07, 6.45) is 0. The summed E-state index contributed by atoms with van der Waals surface area (Å²) < 4.78 is 13.0. The van der Waals surface area contributed by atoms with Gasteiger partial charge in [-0.2, -0.15) is 0 Å². The first-order chi connectivity index (χ1) is 13.7. The highest BCUT2D eigenvalue weighted by molar-refractivity contribution is 7.13. The minimum atomic E-state index is -0.590. The predicted molar refractivity (Wildman–Crippen MR) is 113 cm³/mol. The van der Waals surface area contributed by atoms with Crippen LogP contribution in [0.4, 0.5) is 10.1 Å². The number of thiazole rings is 1. The van der Waals surface area contributed by atoms with E-state index in [4.69, 9.17) is 0 Å². The molecule has 150 valence electrons. The van der Waals surface area contributed by atoms with Gasteiger partial charge in [0.25, 0.3) is 5.91 Å². The van der Waals surface area contributed by atoms with Crippen LogP contribution in [0.5, 0.6) is 0 Å². The van der Waals surface area contributed by atoms with E-state index in [0.717, 1.165) is 10.6 Å². The molecule has 1 heterocycles. The van der Waals surface area contributed by atoms with Gasteiger partial charge in [-0.15, -0.1) is 11.3 Å². The molecular formula is C22H22FN3O2S. The SMILES string of the molecule is CC(C)(C)N(CC(=O)Nc1ccc(F)cc1)C(=O)c1csc(-c2ccccc2)n1. The van der Waals surface area contributed by atoms with Crippen molar-refractivity contribution in [3.05, 3.63) is 71.5 Å². The molecule has 0 saturated heterocycles. The van der Waals surface area contributed by atoms with Crippen LogP contribution in [-0.2, 0) is 4.79 Å². The fourth-order valence-corrected chi connectivity index (χ4v) is 3.51. The highest BCUT2D eigenvalue weighted by Crippen LogP contribution is 2.25. The van der Waals surface area contributed by atoms with E-state index in [0.29, 0.717) is 11.4 Å². The van der Waals surface area contributed by atoms with Crippen molar-refractivity contribution in [3.8, 4) is 10.6 Å². The third-order valence-corrected chi connectivity index (χ3v) is 5.12. The Bertz CT molecular complexity index is 995. The van der Waals surface area contributed by atoms with E-state index >= 15 is 0 Å². The van der Waals surface area contributed by atoms with E-state index in [2.05, 4.69) is 10.3 Å². The predicted octanol–water partition coefficient (Wildman–Crippen LogP) is 4.83. The van der Waals surface area contributed by atoms with Crippen LogP contribution in [0.2, 0.25) is 0 Å².